The summed E-state index contributed by atoms with van der Waals surface area (Å²) in [6.45, 7) is 0. The van der Waals surface area contributed by atoms with Gasteiger partial charge in [-0.05, 0) is 12.2 Å². The highest BCUT2D eigenvalue weighted by atomic mass is 16.5. The maximum Gasteiger partial charge on any atom is 0.328 e. The van der Waals surface area contributed by atoms with Crippen LogP contribution in [0.4, 0.5) is 0 Å². The molecule has 0 saturated carbocycles. The van der Waals surface area contributed by atoms with Crippen molar-refractivity contribution in [2.75, 3.05) is 0 Å². The molecule has 0 radical (unpaired) electrons. The molecule has 15 heavy (non-hydrogen) atoms. The molecule has 2 N–H and O–H groups in total. The van der Waals surface area contributed by atoms with Crippen molar-refractivity contribution in [1.29, 1.82) is 0 Å². The highest BCUT2D eigenvalue weighted by molar-refractivity contribution is 5.89. The van der Waals surface area contributed by atoms with Crippen molar-refractivity contribution >= 4 is 11.9 Å². The normalized spacial score (nSPS) is 12.5. The van der Waals surface area contributed by atoms with Crippen LogP contribution in [0.15, 0.2) is 49.0 Å². The van der Waals surface area contributed by atoms with Gasteiger partial charge in [-0.3, -0.25) is 0 Å². The van der Waals surface area contributed by atoms with E-state index in [1.165, 1.54) is 0 Å². The summed E-state index contributed by atoms with van der Waals surface area (Å²) in [6.07, 6.45) is 11.8. The Labute approximate surface area is 86.3 Å². The number of hydrogen-bond donors (Lipinski definition) is 2. The first-order valence-electron chi connectivity index (χ1n) is 3.90. The summed E-state index contributed by atoms with van der Waals surface area (Å²) in [5.41, 5.74) is 0. The Morgan fingerprint density at radius 2 is 1.27 bits per heavy atom. The third-order valence-electron chi connectivity index (χ3n) is 1.02. The summed E-state index contributed by atoms with van der Waals surface area (Å²) in [7, 11) is 0. The Morgan fingerprint density at radius 3 is 1.60 bits per heavy atom. The Balaban J connectivity index is 0.000000262. The summed E-state index contributed by atoms with van der Waals surface area (Å²) >= 11 is 0. The molecular weight excluding hydrogens is 200 g/mol. The summed E-state index contributed by atoms with van der Waals surface area (Å²) in [4.78, 5) is 19.1. The zero-order valence-electron chi connectivity index (χ0n) is 7.74. The molecule has 0 aromatic carbocycles. The van der Waals surface area contributed by atoms with Crippen molar-refractivity contribution in [2.24, 2.45) is 0 Å². The van der Waals surface area contributed by atoms with Crippen molar-refractivity contribution in [2.45, 2.75) is 0 Å². The molecule has 0 unspecified atom stereocenters. The molecule has 1 aliphatic rings. The minimum absolute atomic E-state index is 0.558. The molecule has 1 aliphatic heterocycles. The molecule has 1 rings (SSSR count). The second-order valence-corrected chi connectivity index (χ2v) is 2.19. The van der Waals surface area contributed by atoms with Crippen LogP contribution in [0.5, 0.6) is 0 Å². The van der Waals surface area contributed by atoms with E-state index in [0.717, 1.165) is 0 Å². The summed E-state index contributed by atoms with van der Waals surface area (Å²) < 4.78 is 4.77. The van der Waals surface area contributed by atoms with Crippen molar-refractivity contribution in [3.63, 3.8) is 0 Å². The van der Waals surface area contributed by atoms with Crippen LogP contribution in [0, 0.1) is 0 Å². The average molecular weight is 210 g/mol. The largest absolute Gasteiger partial charge is 0.478 e. The lowest BCUT2D eigenvalue weighted by Crippen LogP contribution is -1.91. The molecule has 0 aromatic heterocycles. The lowest BCUT2D eigenvalue weighted by atomic mass is 10.5. The van der Waals surface area contributed by atoms with E-state index >= 15 is 0 Å². The van der Waals surface area contributed by atoms with Gasteiger partial charge in [0.05, 0.1) is 12.5 Å². The standard InChI is InChI=1S/C6H6O.C4H4O4/c1-2-4-6-7-5-3-1;5-3(6)1-2-4(7)8/h1-6H;1-2H,(H,5,6)(H,7,8)/b;2-1-. The number of hydrogen-bond acceptors (Lipinski definition) is 3. The van der Waals surface area contributed by atoms with E-state index in [9.17, 15) is 9.59 Å². The van der Waals surface area contributed by atoms with Crippen LogP contribution in [0.1, 0.15) is 0 Å². The number of aliphatic carboxylic acids is 2. The third kappa shape index (κ3) is 11.7. The topological polar surface area (TPSA) is 83.8 Å². The maximum absolute atomic E-state index is 9.55. The summed E-state index contributed by atoms with van der Waals surface area (Å²) in [5, 5.41) is 15.6. The first-order valence-corrected chi connectivity index (χ1v) is 3.90. The molecule has 0 spiro atoms. The zero-order chi connectivity index (χ0) is 11.5. The number of carboxylic acids is 2. The molecular formula is C10H10O5. The number of carbonyl (C=O) groups is 2. The average Bonchev–Trinajstić information content (AvgIpc) is 2.47. The molecule has 0 amide bonds. The molecule has 0 aromatic rings. The quantitative estimate of drug-likeness (QED) is 0.671. The molecule has 0 saturated heterocycles. The number of rotatable bonds is 2. The van der Waals surface area contributed by atoms with Gasteiger partial charge >= 0.3 is 11.9 Å². The second kappa shape index (κ2) is 8.31. The van der Waals surface area contributed by atoms with E-state index in [1.54, 1.807) is 12.5 Å². The minimum atomic E-state index is -1.26. The van der Waals surface area contributed by atoms with Crippen LogP contribution >= 0.6 is 0 Å². The SMILES string of the molecule is C1=CC=COC=C1.O=C(O)/C=C\C(=O)O. The summed E-state index contributed by atoms with van der Waals surface area (Å²) in [5.74, 6) is -2.51. The van der Waals surface area contributed by atoms with Crippen molar-refractivity contribution in [1.82, 2.24) is 0 Å². The van der Waals surface area contributed by atoms with Gasteiger partial charge in [-0.25, -0.2) is 9.59 Å². The third-order valence-corrected chi connectivity index (χ3v) is 1.02. The zero-order valence-corrected chi connectivity index (χ0v) is 7.74. The lowest BCUT2D eigenvalue weighted by molar-refractivity contribution is -0.134. The molecule has 5 nitrogen and oxygen atoms in total. The van der Waals surface area contributed by atoms with Crippen LogP contribution in [0.3, 0.4) is 0 Å². The fourth-order valence-corrected chi connectivity index (χ4v) is 0.498. The number of allylic oxidation sites excluding steroid dienone is 4. The highest BCUT2D eigenvalue weighted by Gasteiger charge is 1.88. The predicted molar refractivity (Wildman–Crippen MR) is 52.9 cm³/mol. The van der Waals surface area contributed by atoms with E-state index in [4.69, 9.17) is 14.9 Å². The Bertz CT molecular complexity index is 293. The fourth-order valence-electron chi connectivity index (χ4n) is 0.498. The fraction of sp³-hybridized carbons (Fsp3) is 0. The van der Waals surface area contributed by atoms with E-state index in [2.05, 4.69) is 0 Å². The number of ether oxygens (including phenoxy) is 1. The van der Waals surface area contributed by atoms with Gasteiger partial charge in [0, 0.05) is 12.2 Å². The molecule has 0 bridgehead atoms. The van der Waals surface area contributed by atoms with Gasteiger partial charge in [-0.15, -0.1) is 0 Å². The van der Waals surface area contributed by atoms with Gasteiger partial charge < -0.3 is 14.9 Å². The van der Waals surface area contributed by atoms with Crippen molar-refractivity contribution < 1.29 is 24.5 Å². The monoisotopic (exact) mass is 210 g/mol. The predicted octanol–water partition coefficient (Wildman–Crippen LogP) is 1.31. The van der Waals surface area contributed by atoms with Crippen LogP contribution < -0.4 is 0 Å². The molecule has 80 valence electrons. The molecule has 0 fully saturated rings. The Hall–Kier alpha value is -2.30. The van der Waals surface area contributed by atoms with Gasteiger partial charge in [0.15, 0.2) is 0 Å². The Kier molecular flexibility index (Phi) is 7.03. The number of carboxylic acid groups (broad SMARTS) is 2. The lowest BCUT2D eigenvalue weighted by Gasteiger charge is -1.79. The van der Waals surface area contributed by atoms with Crippen molar-refractivity contribution in [3.8, 4) is 0 Å². The van der Waals surface area contributed by atoms with Crippen LogP contribution in [-0.4, -0.2) is 22.2 Å². The van der Waals surface area contributed by atoms with E-state index < -0.39 is 11.9 Å². The molecule has 1 heterocycles. The van der Waals surface area contributed by atoms with E-state index in [0.29, 0.717) is 12.2 Å². The van der Waals surface area contributed by atoms with E-state index in [-0.39, 0.29) is 0 Å². The molecule has 0 atom stereocenters. The smallest absolute Gasteiger partial charge is 0.328 e. The highest BCUT2D eigenvalue weighted by Crippen LogP contribution is 1.88. The first-order chi connectivity index (χ1) is 7.13. The molecule has 5 heteroatoms. The van der Waals surface area contributed by atoms with Gasteiger partial charge in [-0.1, -0.05) is 12.2 Å². The summed E-state index contributed by atoms with van der Waals surface area (Å²) in [6, 6.07) is 0. The van der Waals surface area contributed by atoms with Crippen LogP contribution in [0.2, 0.25) is 0 Å². The van der Waals surface area contributed by atoms with Gasteiger partial charge in [0.1, 0.15) is 0 Å². The van der Waals surface area contributed by atoms with E-state index in [1.807, 2.05) is 24.3 Å². The maximum atomic E-state index is 9.55. The first kappa shape index (κ1) is 12.7. The van der Waals surface area contributed by atoms with Gasteiger partial charge in [0.2, 0.25) is 0 Å². The van der Waals surface area contributed by atoms with Gasteiger partial charge in [-0.2, -0.15) is 0 Å². The van der Waals surface area contributed by atoms with Crippen LogP contribution in [0.25, 0.3) is 0 Å². The minimum Gasteiger partial charge on any atom is -0.478 e. The second-order valence-electron chi connectivity index (χ2n) is 2.19. The molecule has 0 aliphatic carbocycles. The Morgan fingerprint density at radius 1 is 0.867 bits per heavy atom. The van der Waals surface area contributed by atoms with Gasteiger partial charge in [0.25, 0.3) is 0 Å². The van der Waals surface area contributed by atoms with Crippen LogP contribution in [-0.2, 0) is 14.3 Å². The van der Waals surface area contributed by atoms with Crippen molar-refractivity contribution in [3.05, 3.63) is 49.0 Å².